The van der Waals surface area contributed by atoms with Crippen LogP contribution >= 0.6 is 0 Å². The van der Waals surface area contributed by atoms with Gasteiger partial charge in [-0.25, -0.2) is 4.39 Å². The van der Waals surface area contributed by atoms with Gasteiger partial charge in [-0.3, -0.25) is 9.69 Å². The molecule has 1 aliphatic rings. The Morgan fingerprint density at radius 1 is 1.37 bits per heavy atom. The monoisotopic (exact) mass is 263 g/mol. The average Bonchev–Trinajstić information content (AvgIpc) is 2.37. The van der Waals surface area contributed by atoms with Crippen LogP contribution < -0.4 is 0 Å². The standard InChI is InChI=1S/C16H22FNO/c1-3-18(11-13-5-4-6-13)12(2)16(19)14-7-9-15(17)10-8-14/h7-10,12-13H,3-6,11H2,1-2H3. The quantitative estimate of drug-likeness (QED) is 0.732. The Morgan fingerprint density at radius 3 is 2.47 bits per heavy atom. The SMILES string of the molecule is CCN(CC1CCC1)C(C)C(=O)c1ccc(F)cc1. The molecule has 1 unspecified atom stereocenters. The maximum absolute atomic E-state index is 12.9. The second-order valence-electron chi connectivity index (χ2n) is 5.43. The second-order valence-corrected chi connectivity index (χ2v) is 5.43. The molecule has 0 radical (unpaired) electrons. The summed E-state index contributed by atoms with van der Waals surface area (Å²) in [5, 5.41) is 0. The van der Waals surface area contributed by atoms with Gasteiger partial charge in [-0.2, -0.15) is 0 Å². The summed E-state index contributed by atoms with van der Waals surface area (Å²) in [5.74, 6) is 0.538. The number of nitrogens with zero attached hydrogens (tertiary/aromatic N) is 1. The van der Waals surface area contributed by atoms with Crippen molar-refractivity contribution in [2.24, 2.45) is 5.92 Å². The summed E-state index contributed by atoms with van der Waals surface area (Å²) in [6.07, 6.45) is 3.89. The molecule has 2 nitrogen and oxygen atoms in total. The fraction of sp³-hybridized carbons (Fsp3) is 0.562. The van der Waals surface area contributed by atoms with Crippen LogP contribution in [-0.4, -0.2) is 29.8 Å². The van der Waals surface area contributed by atoms with Crippen molar-refractivity contribution in [1.29, 1.82) is 0 Å². The van der Waals surface area contributed by atoms with E-state index in [9.17, 15) is 9.18 Å². The first kappa shape index (κ1) is 14.2. The number of carbonyl (C=O) groups excluding carboxylic acids is 1. The highest BCUT2D eigenvalue weighted by Gasteiger charge is 2.26. The van der Waals surface area contributed by atoms with Crippen LogP contribution in [-0.2, 0) is 0 Å². The van der Waals surface area contributed by atoms with Crippen molar-refractivity contribution in [3.8, 4) is 0 Å². The Bertz CT molecular complexity index is 425. The van der Waals surface area contributed by atoms with Crippen LogP contribution in [0.25, 0.3) is 0 Å². The third-order valence-corrected chi connectivity index (χ3v) is 4.18. The normalized spacial score (nSPS) is 17.3. The van der Waals surface area contributed by atoms with Gasteiger partial charge in [0.15, 0.2) is 5.78 Å². The maximum Gasteiger partial charge on any atom is 0.179 e. The number of likely N-dealkylation sites (N-methyl/N-ethyl adjacent to an activating group) is 1. The smallest absolute Gasteiger partial charge is 0.179 e. The molecule has 104 valence electrons. The molecule has 0 heterocycles. The molecular formula is C16H22FNO. The number of rotatable bonds is 6. The van der Waals surface area contributed by atoms with Gasteiger partial charge in [-0.05, 0) is 56.5 Å². The van der Waals surface area contributed by atoms with Crippen molar-refractivity contribution in [1.82, 2.24) is 4.90 Å². The average molecular weight is 263 g/mol. The minimum atomic E-state index is -0.300. The molecule has 0 bridgehead atoms. The number of halogens is 1. The minimum absolute atomic E-state index is 0.0844. The zero-order chi connectivity index (χ0) is 13.8. The van der Waals surface area contributed by atoms with E-state index in [1.807, 2.05) is 6.92 Å². The molecule has 1 saturated carbocycles. The predicted octanol–water partition coefficient (Wildman–Crippen LogP) is 3.52. The molecular weight excluding hydrogens is 241 g/mol. The fourth-order valence-electron chi connectivity index (χ4n) is 2.59. The summed E-state index contributed by atoms with van der Waals surface area (Å²) in [6, 6.07) is 5.72. The molecule has 0 amide bonds. The molecule has 19 heavy (non-hydrogen) atoms. The van der Waals surface area contributed by atoms with E-state index < -0.39 is 0 Å². The van der Waals surface area contributed by atoms with Crippen LogP contribution in [0.2, 0.25) is 0 Å². The minimum Gasteiger partial charge on any atom is -0.294 e. The van der Waals surface area contributed by atoms with Gasteiger partial charge < -0.3 is 0 Å². The molecule has 1 aromatic rings. The summed E-state index contributed by atoms with van der Waals surface area (Å²) < 4.78 is 12.9. The molecule has 1 aliphatic carbocycles. The molecule has 0 spiro atoms. The van der Waals surface area contributed by atoms with Crippen molar-refractivity contribution in [2.75, 3.05) is 13.1 Å². The molecule has 0 aromatic heterocycles. The zero-order valence-corrected chi connectivity index (χ0v) is 11.7. The number of benzene rings is 1. The van der Waals surface area contributed by atoms with E-state index >= 15 is 0 Å². The second kappa shape index (κ2) is 6.29. The van der Waals surface area contributed by atoms with Crippen molar-refractivity contribution in [2.45, 2.75) is 39.2 Å². The van der Waals surface area contributed by atoms with Gasteiger partial charge in [0.1, 0.15) is 5.82 Å². The summed E-state index contributed by atoms with van der Waals surface area (Å²) in [6.45, 7) is 5.93. The summed E-state index contributed by atoms with van der Waals surface area (Å²) in [5.41, 5.74) is 0.598. The summed E-state index contributed by atoms with van der Waals surface area (Å²) in [7, 11) is 0. The topological polar surface area (TPSA) is 20.3 Å². The number of hydrogen-bond acceptors (Lipinski definition) is 2. The van der Waals surface area contributed by atoms with E-state index in [-0.39, 0.29) is 17.6 Å². The van der Waals surface area contributed by atoms with Crippen LogP contribution in [0.3, 0.4) is 0 Å². The van der Waals surface area contributed by atoms with E-state index in [1.54, 1.807) is 12.1 Å². The van der Waals surface area contributed by atoms with Gasteiger partial charge >= 0.3 is 0 Å². The van der Waals surface area contributed by atoms with Crippen molar-refractivity contribution < 1.29 is 9.18 Å². The highest BCUT2D eigenvalue weighted by Crippen LogP contribution is 2.27. The molecule has 1 aromatic carbocycles. The number of hydrogen-bond donors (Lipinski definition) is 0. The lowest BCUT2D eigenvalue weighted by molar-refractivity contribution is 0.0789. The molecule has 1 fully saturated rings. The lowest BCUT2D eigenvalue weighted by Crippen LogP contribution is -2.43. The number of Topliss-reactive ketones (excluding diaryl/α,β-unsaturated/α-hetero) is 1. The van der Waals surface area contributed by atoms with Gasteiger partial charge in [0, 0.05) is 12.1 Å². The van der Waals surface area contributed by atoms with E-state index in [0.717, 1.165) is 19.0 Å². The Kier molecular flexibility index (Phi) is 4.70. The van der Waals surface area contributed by atoms with Crippen LogP contribution in [0.5, 0.6) is 0 Å². The zero-order valence-electron chi connectivity index (χ0n) is 11.7. The third kappa shape index (κ3) is 3.41. The van der Waals surface area contributed by atoms with Crippen molar-refractivity contribution in [3.63, 3.8) is 0 Å². The molecule has 2 rings (SSSR count). The Labute approximate surface area is 114 Å². The Hall–Kier alpha value is -1.22. The van der Waals surface area contributed by atoms with Gasteiger partial charge in [0.2, 0.25) is 0 Å². The number of carbonyl (C=O) groups is 1. The van der Waals surface area contributed by atoms with E-state index in [2.05, 4.69) is 11.8 Å². The molecule has 0 N–H and O–H groups in total. The van der Waals surface area contributed by atoms with Crippen molar-refractivity contribution >= 4 is 5.78 Å². The maximum atomic E-state index is 12.9. The van der Waals surface area contributed by atoms with Crippen LogP contribution in [0.4, 0.5) is 4.39 Å². The molecule has 0 aliphatic heterocycles. The molecule has 1 atom stereocenters. The van der Waals surface area contributed by atoms with Crippen LogP contribution in [0, 0.1) is 11.7 Å². The first-order chi connectivity index (χ1) is 9.11. The highest BCUT2D eigenvalue weighted by molar-refractivity contribution is 5.99. The summed E-state index contributed by atoms with van der Waals surface area (Å²) in [4.78, 5) is 14.6. The van der Waals surface area contributed by atoms with Crippen LogP contribution in [0.15, 0.2) is 24.3 Å². The first-order valence-corrected chi connectivity index (χ1v) is 7.15. The van der Waals surface area contributed by atoms with E-state index in [1.165, 1.54) is 31.4 Å². The van der Waals surface area contributed by atoms with E-state index in [0.29, 0.717) is 5.56 Å². The molecule has 3 heteroatoms. The summed E-state index contributed by atoms with van der Waals surface area (Å²) >= 11 is 0. The van der Waals surface area contributed by atoms with E-state index in [4.69, 9.17) is 0 Å². The Balaban J connectivity index is 2.01. The lowest BCUT2D eigenvalue weighted by Gasteiger charge is -2.34. The number of ketones is 1. The molecule has 0 saturated heterocycles. The first-order valence-electron chi connectivity index (χ1n) is 7.15. The largest absolute Gasteiger partial charge is 0.294 e. The Morgan fingerprint density at radius 2 is 2.00 bits per heavy atom. The van der Waals surface area contributed by atoms with Gasteiger partial charge in [0.25, 0.3) is 0 Å². The predicted molar refractivity (Wildman–Crippen MR) is 74.8 cm³/mol. The van der Waals surface area contributed by atoms with Gasteiger partial charge in [-0.15, -0.1) is 0 Å². The van der Waals surface area contributed by atoms with Crippen LogP contribution in [0.1, 0.15) is 43.5 Å². The fourth-order valence-corrected chi connectivity index (χ4v) is 2.59. The van der Waals surface area contributed by atoms with Crippen molar-refractivity contribution in [3.05, 3.63) is 35.6 Å². The van der Waals surface area contributed by atoms with Gasteiger partial charge in [-0.1, -0.05) is 13.3 Å². The third-order valence-electron chi connectivity index (χ3n) is 4.18. The van der Waals surface area contributed by atoms with Gasteiger partial charge in [0.05, 0.1) is 6.04 Å². The highest BCUT2D eigenvalue weighted by atomic mass is 19.1. The lowest BCUT2D eigenvalue weighted by atomic mass is 9.84.